The van der Waals surface area contributed by atoms with Crippen LogP contribution in [-0.4, -0.2) is 39.2 Å². The van der Waals surface area contributed by atoms with Crippen molar-refractivity contribution in [1.82, 2.24) is 24.8 Å². The first kappa shape index (κ1) is 22.4. The maximum atomic E-state index is 12.6. The molecule has 2 aromatic carbocycles. The van der Waals surface area contributed by atoms with Crippen molar-refractivity contribution >= 4 is 42.3 Å². The second-order valence-electron chi connectivity index (χ2n) is 8.20. The van der Waals surface area contributed by atoms with E-state index in [1.165, 1.54) is 6.33 Å². The van der Waals surface area contributed by atoms with Gasteiger partial charge in [-0.15, -0.1) is 12.6 Å². The summed E-state index contributed by atoms with van der Waals surface area (Å²) in [5.41, 5.74) is 4.73. The fourth-order valence-corrected chi connectivity index (χ4v) is 4.08. The highest BCUT2D eigenvalue weighted by Gasteiger charge is 2.35. The number of carbonyl (C=O) groups is 1. The number of fused-ring (bicyclic) bond motifs is 2. The molecule has 10 heteroatoms. The van der Waals surface area contributed by atoms with Gasteiger partial charge in [0.25, 0.3) is 0 Å². The zero-order valence-electron chi connectivity index (χ0n) is 18.8. The van der Waals surface area contributed by atoms with Crippen LogP contribution in [0.5, 0.6) is 5.75 Å². The second kappa shape index (κ2) is 9.86. The molecule has 0 bridgehead atoms. The van der Waals surface area contributed by atoms with Gasteiger partial charge in [-0.05, 0) is 36.2 Å². The van der Waals surface area contributed by atoms with Crippen molar-refractivity contribution in [2.24, 2.45) is 0 Å². The largest absolute Gasteiger partial charge is 0.634 e. The number of nitrogens with one attached hydrogen (secondary N) is 1. The molecule has 0 spiro atoms. The van der Waals surface area contributed by atoms with Crippen LogP contribution < -0.4 is 15.4 Å². The maximum Gasteiger partial charge on any atom is 0.634 e. The third-order valence-corrected chi connectivity index (χ3v) is 6.06. The smallest absolute Gasteiger partial charge is 0.521 e. The average Bonchev–Trinajstić information content (AvgIpc) is 3.26. The van der Waals surface area contributed by atoms with Crippen LogP contribution in [0, 0.1) is 0 Å². The summed E-state index contributed by atoms with van der Waals surface area (Å²) in [6, 6.07) is 13.4. The first-order valence-corrected chi connectivity index (χ1v) is 11.7. The van der Waals surface area contributed by atoms with Gasteiger partial charge < -0.3 is 19.2 Å². The van der Waals surface area contributed by atoms with Gasteiger partial charge in [-0.1, -0.05) is 43.7 Å². The Morgan fingerprint density at radius 2 is 1.88 bits per heavy atom. The summed E-state index contributed by atoms with van der Waals surface area (Å²) in [6.45, 7) is 4.44. The summed E-state index contributed by atoms with van der Waals surface area (Å²) in [6.07, 6.45) is 5.49. The van der Waals surface area contributed by atoms with Gasteiger partial charge in [0.2, 0.25) is 0 Å². The van der Waals surface area contributed by atoms with Crippen molar-refractivity contribution in [3.05, 3.63) is 71.8 Å². The first-order valence-electron chi connectivity index (χ1n) is 11.3. The molecule has 4 aromatic rings. The van der Waals surface area contributed by atoms with Crippen molar-refractivity contribution in [3.63, 3.8) is 0 Å². The normalized spacial score (nSPS) is 13.0. The molecule has 3 heterocycles. The minimum absolute atomic E-state index is 0.382. The van der Waals surface area contributed by atoms with Crippen LogP contribution in [0.3, 0.4) is 0 Å². The number of hydrogen-bond acceptors (Lipinski definition) is 8. The van der Waals surface area contributed by atoms with Crippen LogP contribution >= 0.6 is 12.6 Å². The molecule has 0 fully saturated rings. The lowest BCUT2D eigenvalue weighted by atomic mass is 9.77. The van der Waals surface area contributed by atoms with Crippen LogP contribution in [0.2, 0.25) is 0 Å². The Labute approximate surface area is 203 Å². The maximum absolute atomic E-state index is 12.6. The SMILES string of the molecule is CCCCNCc1ccc2c(c1)OB(c1ccc(Cn3cnc4c(S)ncnc43)cc1)OC2=O. The number of benzene rings is 2. The summed E-state index contributed by atoms with van der Waals surface area (Å²) in [4.78, 5) is 25.3. The van der Waals surface area contributed by atoms with Crippen molar-refractivity contribution < 1.29 is 14.1 Å². The standard InChI is InChI=1S/C24H24BN5O3S/c1-2-3-10-26-12-17-6-9-19-20(11-17)32-25(33-24(19)31)18-7-4-16(5-8-18)13-30-15-29-21-22(30)27-14-28-23(21)34/h4-9,11,14-15,26H,2-3,10,12-13H2,1H3,(H,27,28,34). The molecule has 2 aromatic heterocycles. The van der Waals surface area contributed by atoms with Gasteiger partial charge in [0.1, 0.15) is 22.6 Å². The van der Waals surface area contributed by atoms with Gasteiger partial charge in [0, 0.05) is 12.0 Å². The molecule has 0 saturated carbocycles. The van der Waals surface area contributed by atoms with E-state index in [4.69, 9.17) is 9.31 Å². The summed E-state index contributed by atoms with van der Waals surface area (Å²) in [5.74, 6) is 0.167. The van der Waals surface area contributed by atoms with Gasteiger partial charge in [-0.2, -0.15) is 0 Å². The number of nitrogens with zero attached hydrogens (tertiary/aromatic N) is 4. The Hall–Kier alpha value is -3.37. The van der Waals surface area contributed by atoms with E-state index >= 15 is 0 Å². The van der Waals surface area contributed by atoms with E-state index in [0.29, 0.717) is 28.4 Å². The third kappa shape index (κ3) is 4.64. The van der Waals surface area contributed by atoms with E-state index in [9.17, 15) is 4.79 Å². The Kier molecular flexibility index (Phi) is 6.51. The van der Waals surface area contributed by atoms with Crippen molar-refractivity contribution in [1.29, 1.82) is 0 Å². The minimum Gasteiger partial charge on any atom is -0.521 e. The average molecular weight is 473 g/mol. The van der Waals surface area contributed by atoms with Crippen LogP contribution in [0.4, 0.5) is 0 Å². The van der Waals surface area contributed by atoms with E-state index < -0.39 is 7.12 Å². The predicted molar refractivity (Wildman–Crippen MR) is 133 cm³/mol. The molecule has 1 aliphatic heterocycles. The number of rotatable bonds is 8. The molecule has 1 N–H and O–H groups in total. The molecule has 0 unspecified atom stereocenters. The van der Waals surface area contributed by atoms with Gasteiger partial charge in [-0.3, -0.25) is 0 Å². The highest BCUT2D eigenvalue weighted by Crippen LogP contribution is 2.26. The van der Waals surface area contributed by atoms with Crippen molar-refractivity contribution in [2.75, 3.05) is 6.54 Å². The summed E-state index contributed by atoms with van der Waals surface area (Å²) < 4.78 is 13.6. The highest BCUT2D eigenvalue weighted by molar-refractivity contribution is 7.80. The van der Waals surface area contributed by atoms with Gasteiger partial charge >= 0.3 is 13.1 Å². The van der Waals surface area contributed by atoms with Crippen LogP contribution in [-0.2, 0) is 17.7 Å². The Morgan fingerprint density at radius 3 is 2.71 bits per heavy atom. The predicted octanol–water partition coefficient (Wildman–Crippen LogP) is 3.00. The second-order valence-corrected chi connectivity index (χ2v) is 8.62. The quantitative estimate of drug-likeness (QED) is 0.176. The fraction of sp³-hybridized carbons (Fsp3) is 0.250. The molecule has 5 rings (SSSR count). The number of thiol groups is 1. The van der Waals surface area contributed by atoms with E-state index in [-0.39, 0.29) is 5.97 Å². The molecular weight excluding hydrogens is 449 g/mol. The lowest BCUT2D eigenvalue weighted by molar-refractivity contribution is 0.0687. The van der Waals surface area contributed by atoms with Crippen LogP contribution in [0.1, 0.15) is 41.3 Å². The summed E-state index contributed by atoms with van der Waals surface area (Å²) in [5, 5.41) is 3.96. The third-order valence-electron chi connectivity index (χ3n) is 5.74. The lowest BCUT2D eigenvalue weighted by Crippen LogP contribution is -2.44. The molecule has 34 heavy (non-hydrogen) atoms. The number of carbonyl (C=O) groups excluding carboxylic acids is 1. The number of unbranched alkanes of at least 4 members (excludes halogenated alkanes) is 1. The molecule has 0 radical (unpaired) electrons. The van der Waals surface area contributed by atoms with Crippen LogP contribution in [0.15, 0.2) is 60.1 Å². The molecule has 0 aliphatic carbocycles. The monoisotopic (exact) mass is 473 g/mol. The zero-order valence-corrected chi connectivity index (χ0v) is 19.7. The molecule has 0 saturated heterocycles. The minimum atomic E-state index is -0.786. The van der Waals surface area contributed by atoms with Crippen molar-refractivity contribution in [3.8, 4) is 5.75 Å². The Balaban J connectivity index is 1.29. The number of hydrogen-bond donors (Lipinski definition) is 2. The number of aromatic nitrogens is 4. The Morgan fingerprint density at radius 1 is 1.06 bits per heavy atom. The molecule has 0 amide bonds. The zero-order chi connectivity index (χ0) is 23.5. The highest BCUT2D eigenvalue weighted by atomic mass is 32.1. The Bertz CT molecular complexity index is 1330. The fourth-order valence-electron chi connectivity index (χ4n) is 3.87. The van der Waals surface area contributed by atoms with Gasteiger partial charge in [0.05, 0.1) is 18.4 Å². The molecule has 172 valence electrons. The molecule has 8 nitrogen and oxygen atoms in total. The van der Waals surface area contributed by atoms with Crippen LogP contribution in [0.25, 0.3) is 11.2 Å². The van der Waals surface area contributed by atoms with E-state index in [1.807, 2.05) is 41.0 Å². The van der Waals surface area contributed by atoms with Gasteiger partial charge in [-0.25, -0.2) is 19.7 Å². The first-order chi connectivity index (χ1) is 16.6. The topological polar surface area (TPSA) is 91.2 Å². The molecular formula is C24H24BN5O3S. The van der Waals surface area contributed by atoms with E-state index in [1.54, 1.807) is 12.4 Å². The number of imidazole rings is 1. The van der Waals surface area contributed by atoms with Gasteiger partial charge in [0.15, 0.2) is 5.65 Å². The molecule has 0 atom stereocenters. The lowest BCUT2D eigenvalue weighted by Gasteiger charge is -2.23. The van der Waals surface area contributed by atoms with Crippen molar-refractivity contribution in [2.45, 2.75) is 37.9 Å². The molecule has 1 aliphatic rings. The summed E-state index contributed by atoms with van der Waals surface area (Å²) >= 11 is 4.33. The van der Waals surface area contributed by atoms with E-state index in [2.05, 4.69) is 39.8 Å². The van der Waals surface area contributed by atoms with E-state index in [0.717, 1.165) is 48.2 Å². The summed E-state index contributed by atoms with van der Waals surface area (Å²) in [7, 11) is -0.786.